The molecule has 10 nitrogen and oxygen atoms in total. The van der Waals surface area contributed by atoms with E-state index in [0.29, 0.717) is 19.4 Å². The Morgan fingerprint density at radius 3 is 2.58 bits per heavy atom. The van der Waals surface area contributed by atoms with Crippen molar-refractivity contribution in [3.8, 4) is 0 Å². The highest BCUT2D eigenvalue weighted by atomic mass is 35.6. The van der Waals surface area contributed by atoms with Gasteiger partial charge in [0.1, 0.15) is 24.3 Å². The number of nitrogens with one attached hydrogen (secondary N) is 2. The Kier molecular flexibility index (Phi) is 8.82. The predicted molar refractivity (Wildman–Crippen MR) is 115 cm³/mol. The van der Waals surface area contributed by atoms with Crippen LogP contribution in [0.2, 0.25) is 0 Å². The van der Waals surface area contributed by atoms with Gasteiger partial charge in [0.15, 0.2) is 0 Å². The molecule has 0 saturated carbocycles. The number of ether oxygens (including phenoxy) is 2. The van der Waals surface area contributed by atoms with Crippen molar-refractivity contribution in [1.82, 2.24) is 25.5 Å². The number of aromatic nitrogens is 2. The molecule has 31 heavy (non-hydrogen) atoms. The van der Waals surface area contributed by atoms with Gasteiger partial charge in [0.25, 0.3) is 5.91 Å². The van der Waals surface area contributed by atoms with Gasteiger partial charge in [0.2, 0.25) is 3.79 Å². The van der Waals surface area contributed by atoms with E-state index >= 15 is 0 Å². The summed E-state index contributed by atoms with van der Waals surface area (Å²) < 4.78 is 10.0. The third-order valence-electron chi connectivity index (χ3n) is 4.03. The monoisotopic (exact) mass is 497 g/mol. The molecule has 1 aromatic rings. The largest absolute Gasteiger partial charge is 0.460 e. The van der Waals surface area contributed by atoms with E-state index in [-0.39, 0.29) is 6.54 Å². The first kappa shape index (κ1) is 25.5. The molecule has 0 aromatic carbocycles. The standard InChI is InChI=1S/C18H26Cl3N5O5/c1-17(2,3)31-16(29)23-13(10-25-8-5-7-22-25)14(27)26-9-4-6-12(24-26)15(28)30-11-18(19,20)21/h5,7-8,12-13,24H,4,6,9-11H2,1-3H3,(H,23,29). The SMILES string of the molecule is CC(C)(C)OC(=O)NC(Cn1cccn1)C(=O)N1CCCC(C(=O)OCC(Cl)(Cl)Cl)N1. The lowest BCUT2D eigenvalue weighted by molar-refractivity contribution is -0.152. The van der Waals surface area contributed by atoms with Crippen LogP contribution >= 0.6 is 34.8 Å². The number of esters is 1. The number of carbonyl (C=O) groups excluding carboxylic acids is 3. The lowest BCUT2D eigenvalue weighted by Crippen LogP contribution is -2.61. The first-order valence-electron chi connectivity index (χ1n) is 9.62. The van der Waals surface area contributed by atoms with Crippen LogP contribution in [0.3, 0.4) is 0 Å². The Morgan fingerprint density at radius 2 is 2.00 bits per heavy atom. The molecular formula is C18H26Cl3N5O5. The molecule has 0 bridgehead atoms. The summed E-state index contributed by atoms with van der Waals surface area (Å²) >= 11 is 16.8. The second-order valence-corrected chi connectivity index (χ2v) is 10.5. The molecule has 13 heteroatoms. The Balaban J connectivity index is 2.06. The number of rotatable bonds is 6. The van der Waals surface area contributed by atoms with Crippen molar-refractivity contribution < 1.29 is 23.9 Å². The summed E-state index contributed by atoms with van der Waals surface area (Å²) in [6.07, 6.45) is 3.45. The number of amides is 2. The number of hydrogen-bond acceptors (Lipinski definition) is 7. The summed E-state index contributed by atoms with van der Waals surface area (Å²) in [7, 11) is 0. The van der Waals surface area contributed by atoms with Gasteiger partial charge in [-0.2, -0.15) is 5.10 Å². The molecule has 2 N–H and O–H groups in total. The minimum atomic E-state index is -1.73. The van der Waals surface area contributed by atoms with Crippen LogP contribution in [0.4, 0.5) is 4.79 Å². The van der Waals surface area contributed by atoms with Gasteiger partial charge in [-0.3, -0.25) is 19.3 Å². The molecule has 1 aliphatic heterocycles. The number of carbonyl (C=O) groups is 3. The van der Waals surface area contributed by atoms with Crippen molar-refractivity contribution in [3.05, 3.63) is 18.5 Å². The van der Waals surface area contributed by atoms with Gasteiger partial charge < -0.3 is 14.8 Å². The molecule has 0 spiro atoms. The molecule has 1 aromatic heterocycles. The third-order valence-corrected chi connectivity index (χ3v) is 4.36. The molecule has 2 unspecified atom stereocenters. The van der Waals surface area contributed by atoms with Gasteiger partial charge in [-0.1, -0.05) is 34.8 Å². The van der Waals surface area contributed by atoms with Crippen molar-refractivity contribution >= 4 is 52.8 Å². The molecule has 0 radical (unpaired) electrons. The Bertz CT molecular complexity index is 764. The molecule has 1 saturated heterocycles. The molecule has 0 aliphatic carbocycles. The van der Waals surface area contributed by atoms with Crippen molar-refractivity contribution in [2.24, 2.45) is 0 Å². The third kappa shape index (κ3) is 9.10. The van der Waals surface area contributed by atoms with E-state index in [4.69, 9.17) is 44.3 Å². The van der Waals surface area contributed by atoms with Gasteiger partial charge in [-0.15, -0.1) is 0 Å². The number of halogens is 3. The minimum absolute atomic E-state index is 0.0750. The molecule has 1 aliphatic rings. The highest BCUT2D eigenvalue weighted by Gasteiger charge is 2.35. The average Bonchev–Trinajstić information content (AvgIpc) is 3.16. The fourth-order valence-corrected chi connectivity index (χ4v) is 2.95. The highest BCUT2D eigenvalue weighted by Crippen LogP contribution is 2.26. The van der Waals surface area contributed by atoms with E-state index < -0.39 is 46.1 Å². The molecule has 2 rings (SSSR count). The van der Waals surface area contributed by atoms with Crippen LogP contribution in [0.1, 0.15) is 33.6 Å². The molecule has 2 atom stereocenters. The maximum absolute atomic E-state index is 13.1. The number of hydrogen-bond donors (Lipinski definition) is 2. The van der Waals surface area contributed by atoms with E-state index in [1.165, 1.54) is 9.69 Å². The maximum atomic E-state index is 13.1. The van der Waals surface area contributed by atoms with Crippen molar-refractivity contribution in [3.63, 3.8) is 0 Å². The number of nitrogens with zero attached hydrogens (tertiary/aromatic N) is 3. The zero-order valence-corrected chi connectivity index (χ0v) is 19.7. The van der Waals surface area contributed by atoms with Crippen LogP contribution in [0.5, 0.6) is 0 Å². The molecule has 1 fully saturated rings. The van der Waals surface area contributed by atoms with Crippen LogP contribution in [0.25, 0.3) is 0 Å². The predicted octanol–water partition coefficient (Wildman–Crippen LogP) is 2.19. The van der Waals surface area contributed by atoms with Crippen molar-refractivity contribution in [2.75, 3.05) is 13.2 Å². The zero-order valence-electron chi connectivity index (χ0n) is 17.4. The van der Waals surface area contributed by atoms with Crippen LogP contribution in [-0.2, 0) is 25.6 Å². The number of alkyl halides is 3. The second-order valence-electron chi connectivity index (χ2n) is 7.96. The highest BCUT2D eigenvalue weighted by molar-refractivity contribution is 6.67. The Labute approximate surface area is 195 Å². The lowest BCUT2D eigenvalue weighted by Gasteiger charge is -2.35. The quantitative estimate of drug-likeness (QED) is 0.456. The summed E-state index contributed by atoms with van der Waals surface area (Å²) in [6.45, 7) is 5.15. The van der Waals surface area contributed by atoms with Crippen LogP contribution in [0, 0.1) is 0 Å². The smallest absolute Gasteiger partial charge is 0.408 e. The van der Waals surface area contributed by atoms with Crippen molar-refractivity contribution in [2.45, 2.75) is 61.6 Å². The molecule has 2 heterocycles. The molecule has 2 amide bonds. The molecule has 174 valence electrons. The summed E-state index contributed by atoms with van der Waals surface area (Å²) in [4.78, 5) is 37.7. The van der Waals surface area contributed by atoms with E-state index in [9.17, 15) is 14.4 Å². The van der Waals surface area contributed by atoms with Crippen LogP contribution in [-0.4, -0.2) is 67.4 Å². The van der Waals surface area contributed by atoms with E-state index in [2.05, 4.69) is 15.8 Å². The average molecular weight is 499 g/mol. The zero-order chi connectivity index (χ0) is 23.2. The first-order chi connectivity index (χ1) is 14.3. The fourth-order valence-electron chi connectivity index (χ4n) is 2.79. The summed E-state index contributed by atoms with van der Waals surface area (Å²) in [5.41, 5.74) is 2.10. The van der Waals surface area contributed by atoms with Crippen molar-refractivity contribution in [1.29, 1.82) is 0 Å². The van der Waals surface area contributed by atoms with Crippen LogP contribution in [0.15, 0.2) is 18.5 Å². The first-order valence-corrected chi connectivity index (χ1v) is 10.8. The minimum Gasteiger partial charge on any atom is -0.460 e. The van der Waals surface area contributed by atoms with E-state index in [0.717, 1.165) is 0 Å². The Hall–Kier alpha value is -1.75. The Morgan fingerprint density at radius 1 is 1.29 bits per heavy atom. The lowest BCUT2D eigenvalue weighted by atomic mass is 10.1. The van der Waals surface area contributed by atoms with Gasteiger partial charge in [-0.05, 0) is 39.7 Å². The summed E-state index contributed by atoms with van der Waals surface area (Å²) in [5.74, 6) is -1.10. The fraction of sp³-hybridized carbons (Fsp3) is 0.667. The van der Waals surface area contributed by atoms with Crippen LogP contribution < -0.4 is 10.7 Å². The van der Waals surface area contributed by atoms with Gasteiger partial charge >= 0.3 is 12.1 Å². The summed E-state index contributed by atoms with van der Waals surface area (Å²) in [6, 6.07) is -0.0830. The number of hydrazine groups is 1. The topological polar surface area (TPSA) is 115 Å². The van der Waals surface area contributed by atoms with E-state index in [1.807, 2.05) is 0 Å². The second kappa shape index (κ2) is 10.7. The number of alkyl carbamates (subject to hydrolysis) is 1. The van der Waals surface area contributed by atoms with Gasteiger partial charge in [0.05, 0.1) is 6.54 Å². The summed E-state index contributed by atoms with van der Waals surface area (Å²) in [5, 5.41) is 7.93. The van der Waals surface area contributed by atoms with Gasteiger partial charge in [0, 0.05) is 18.9 Å². The van der Waals surface area contributed by atoms with Gasteiger partial charge in [-0.25, -0.2) is 10.2 Å². The molecular weight excluding hydrogens is 473 g/mol. The maximum Gasteiger partial charge on any atom is 0.408 e. The normalized spacial score (nSPS) is 18.3. The van der Waals surface area contributed by atoms with E-state index in [1.54, 1.807) is 39.2 Å².